The van der Waals surface area contributed by atoms with Crippen LogP contribution in [0, 0.1) is 0 Å². The first kappa shape index (κ1) is 21.2. The second-order valence-corrected chi connectivity index (χ2v) is 7.86. The Morgan fingerprint density at radius 2 is 1.45 bits per heavy atom. The molecule has 3 aromatic rings. The number of rotatable bonds is 7. The monoisotopic (exact) mass is 427 g/mol. The Morgan fingerprint density at radius 1 is 0.862 bits per heavy atom. The van der Waals surface area contributed by atoms with E-state index in [1.807, 2.05) is 85.8 Å². The van der Waals surface area contributed by atoms with Gasteiger partial charge in [-0.15, -0.1) is 0 Å². The maximum absolute atomic E-state index is 12.3. The average Bonchev–Trinajstić information content (AvgIpc) is 2.73. The van der Waals surface area contributed by atoms with Crippen LogP contribution >= 0.6 is 23.2 Å². The summed E-state index contributed by atoms with van der Waals surface area (Å²) in [6.07, 6.45) is 0.315. The number of hydrogen-bond donors (Lipinski definition) is 1. The predicted octanol–water partition coefficient (Wildman–Crippen LogP) is 6.63. The summed E-state index contributed by atoms with van der Waals surface area (Å²) in [6, 6.07) is 25.0. The van der Waals surface area contributed by atoms with Crippen molar-refractivity contribution >= 4 is 29.3 Å². The van der Waals surface area contributed by atoms with Crippen LogP contribution in [0.5, 0.6) is 0 Å². The molecule has 0 fully saturated rings. The molecule has 0 saturated carbocycles. The molecule has 0 saturated heterocycles. The van der Waals surface area contributed by atoms with Crippen molar-refractivity contribution in [2.45, 2.75) is 31.9 Å². The first-order valence-electron chi connectivity index (χ1n) is 9.48. The maximum atomic E-state index is 12.3. The molecule has 0 heterocycles. The van der Waals surface area contributed by atoms with Crippen molar-refractivity contribution in [1.29, 1.82) is 0 Å². The van der Waals surface area contributed by atoms with E-state index >= 15 is 0 Å². The van der Waals surface area contributed by atoms with E-state index < -0.39 is 6.09 Å². The van der Waals surface area contributed by atoms with Crippen LogP contribution < -0.4 is 5.32 Å². The maximum Gasteiger partial charge on any atom is 0.407 e. The number of alkyl carbamates (subject to hydrolysis) is 1. The molecule has 1 amide bonds. The Kier molecular flexibility index (Phi) is 7.56. The Bertz CT molecular complexity index is 912. The minimum absolute atomic E-state index is 0.0534. The standard InChI is InChI=1S/C24H23Cl2NO2/c1-17(27-24(28)29-16-19-5-3-2-4-6-19)23(20-9-13-22(26)14-10-20)15-18-7-11-21(25)12-8-18/h2-14,17,23H,15-16H2,1H3,(H,27,28). The van der Waals surface area contributed by atoms with Gasteiger partial charge in [0.15, 0.2) is 0 Å². The van der Waals surface area contributed by atoms with Crippen LogP contribution in [0.3, 0.4) is 0 Å². The Hall–Kier alpha value is -2.49. The van der Waals surface area contributed by atoms with E-state index in [0.29, 0.717) is 10.0 Å². The lowest BCUT2D eigenvalue weighted by Crippen LogP contribution is -2.38. The molecular formula is C24H23Cl2NO2. The van der Waals surface area contributed by atoms with Crippen LogP contribution in [0.2, 0.25) is 10.0 Å². The summed E-state index contributed by atoms with van der Waals surface area (Å²) in [6.45, 7) is 2.22. The number of ether oxygens (including phenoxy) is 1. The summed E-state index contributed by atoms with van der Waals surface area (Å²) < 4.78 is 5.38. The minimum Gasteiger partial charge on any atom is -0.445 e. The summed E-state index contributed by atoms with van der Waals surface area (Å²) >= 11 is 12.1. The lowest BCUT2D eigenvalue weighted by atomic mass is 9.86. The molecule has 0 aliphatic heterocycles. The highest BCUT2D eigenvalue weighted by atomic mass is 35.5. The van der Waals surface area contributed by atoms with Gasteiger partial charge in [-0.25, -0.2) is 4.79 Å². The number of amides is 1. The molecule has 0 aliphatic rings. The van der Waals surface area contributed by atoms with Gasteiger partial charge in [-0.2, -0.15) is 0 Å². The number of carbonyl (C=O) groups is 1. The summed E-state index contributed by atoms with van der Waals surface area (Å²) in [5, 5.41) is 4.36. The molecule has 0 spiro atoms. The summed E-state index contributed by atoms with van der Waals surface area (Å²) in [5.74, 6) is 0.0534. The fourth-order valence-corrected chi connectivity index (χ4v) is 3.47. The minimum atomic E-state index is -0.434. The van der Waals surface area contributed by atoms with Crippen molar-refractivity contribution in [1.82, 2.24) is 5.32 Å². The second-order valence-electron chi connectivity index (χ2n) is 6.98. The highest BCUT2D eigenvalue weighted by Crippen LogP contribution is 2.27. The van der Waals surface area contributed by atoms with Crippen LogP contribution in [0.15, 0.2) is 78.9 Å². The zero-order valence-corrected chi connectivity index (χ0v) is 17.7. The average molecular weight is 428 g/mol. The van der Waals surface area contributed by atoms with Crippen molar-refractivity contribution in [2.24, 2.45) is 0 Å². The molecule has 0 aromatic heterocycles. The quantitative estimate of drug-likeness (QED) is 0.459. The van der Waals surface area contributed by atoms with E-state index in [2.05, 4.69) is 5.32 Å². The molecule has 1 N–H and O–H groups in total. The van der Waals surface area contributed by atoms with Crippen LogP contribution in [-0.2, 0) is 17.8 Å². The van der Waals surface area contributed by atoms with Gasteiger partial charge in [0.25, 0.3) is 0 Å². The summed E-state index contributed by atoms with van der Waals surface area (Å²) in [7, 11) is 0. The third-order valence-electron chi connectivity index (χ3n) is 4.83. The van der Waals surface area contributed by atoms with Gasteiger partial charge >= 0.3 is 6.09 Å². The van der Waals surface area contributed by atoms with Gasteiger partial charge in [0.1, 0.15) is 6.61 Å². The Morgan fingerprint density at radius 3 is 2.07 bits per heavy atom. The van der Waals surface area contributed by atoms with E-state index in [0.717, 1.165) is 23.1 Å². The van der Waals surface area contributed by atoms with Gasteiger partial charge in [-0.3, -0.25) is 0 Å². The summed E-state index contributed by atoms with van der Waals surface area (Å²) in [5.41, 5.74) is 3.19. The topological polar surface area (TPSA) is 38.3 Å². The highest BCUT2D eigenvalue weighted by Gasteiger charge is 2.22. The number of hydrogen-bond acceptors (Lipinski definition) is 2. The zero-order chi connectivity index (χ0) is 20.6. The first-order chi connectivity index (χ1) is 14.0. The zero-order valence-electron chi connectivity index (χ0n) is 16.1. The van der Waals surface area contributed by atoms with E-state index in [1.165, 1.54) is 0 Å². The third kappa shape index (κ3) is 6.52. The van der Waals surface area contributed by atoms with Crippen molar-refractivity contribution in [3.63, 3.8) is 0 Å². The van der Waals surface area contributed by atoms with Gasteiger partial charge in [0.2, 0.25) is 0 Å². The fourth-order valence-electron chi connectivity index (χ4n) is 3.22. The molecule has 150 valence electrons. The molecule has 29 heavy (non-hydrogen) atoms. The molecule has 3 nitrogen and oxygen atoms in total. The van der Waals surface area contributed by atoms with Crippen LogP contribution in [0.25, 0.3) is 0 Å². The van der Waals surface area contributed by atoms with Crippen molar-refractivity contribution in [3.8, 4) is 0 Å². The number of carbonyl (C=O) groups excluding carboxylic acids is 1. The number of nitrogens with one attached hydrogen (secondary N) is 1. The Balaban J connectivity index is 1.69. The van der Waals surface area contributed by atoms with Gasteiger partial charge in [0.05, 0.1) is 0 Å². The van der Waals surface area contributed by atoms with Crippen molar-refractivity contribution < 1.29 is 9.53 Å². The van der Waals surface area contributed by atoms with Crippen LogP contribution in [0.4, 0.5) is 4.79 Å². The van der Waals surface area contributed by atoms with Gasteiger partial charge in [-0.1, -0.05) is 77.8 Å². The fraction of sp³-hybridized carbons (Fsp3) is 0.208. The van der Waals surface area contributed by atoms with Crippen LogP contribution in [0.1, 0.15) is 29.5 Å². The lowest BCUT2D eigenvalue weighted by molar-refractivity contribution is 0.135. The third-order valence-corrected chi connectivity index (χ3v) is 5.33. The van der Waals surface area contributed by atoms with Crippen molar-refractivity contribution in [3.05, 3.63) is 106 Å². The summed E-state index contributed by atoms with van der Waals surface area (Å²) in [4.78, 5) is 12.3. The van der Waals surface area contributed by atoms with Gasteiger partial charge in [-0.05, 0) is 54.3 Å². The normalized spacial score (nSPS) is 12.8. The SMILES string of the molecule is CC(NC(=O)OCc1ccccc1)C(Cc1ccc(Cl)cc1)c1ccc(Cl)cc1. The molecule has 0 bridgehead atoms. The first-order valence-corrected chi connectivity index (χ1v) is 10.2. The molecule has 2 atom stereocenters. The second kappa shape index (κ2) is 10.3. The van der Waals surface area contributed by atoms with Crippen LogP contribution in [-0.4, -0.2) is 12.1 Å². The molecule has 5 heteroatoms. The van der Waals surface area contributed by atoms with E-state index in [4.69, 9.17) is 27.9 Å². The van der Waals surface area contributed by atoms with E-state index in [-0.39, 0.29) is 18.6 Å². The highest BCUT2D eigenvalue weighted by molar-refractivity contribution is 6.30. The van der Waals surface area contributed by atoms with Crippen molar-refractivity contribution in [2.75, 3.05) is 0 Å². The largest absolute Gasteiger partial charge is 0.445 e. The molecule has 3 rings (SSSR count). The molecule has 2 unspecified atom stereocenters. The van der Waals surface area contributed by atoms with E-state index in [1.54, 1.807) is 0 Å². The predicted molar refractivity (Wildman–Crippen MR) is 119 cm³/mol. The molecule has 3 aromatic carbocycles. The molecule has 0 aliphatic carbocycles. The number of benzene rings is 3. The lowest BCUT2D eigenvalue weighted by Gasteiger charge is -2.25. The van der Waals surface area contributed by atoms with Gasteiger partial charge in [0, 0.05) is 22.0 Å². The smallest absolute Gasteiger partial charge is 0.407 e. The molecular weight excluding hydrogens is 405 g/mol. The van der Waals surface area contributed by atoms with Gasteiger partial charge < -0.3 is 10.1 Å². The van der Waals surface area contributed by atoms with E-state index in [9.17, 15) is 4.79 Å². The number of halogens is 2. The molecule has 0 radical (unpaired) electrons. The Labute approximate surface area is 181 Å².